The lowest BCUT2D eigenvalue weighted by Gasteiger charge is -2.18. The van der Waals surface area contributed by atoms with Crippen LogP contribution in [0.2, 0.25) is 0 Å². The van der Waals surface area contributed by atoms with Crippen molar-refractivity contribution in [3.63, 3.8) is 0 Å². The van der Waals surface area contributed by atoms with Crippen molar-refractivity contribution in [2.75, 3.05) is 13.2 Å². The molecule has 0 spiro atoms. The molecule has 0 fully saturated rings. The minimum Gasteiger partial charge on any atom is -0.462 e. The summed E-state index contributed by atoms with van der Waals surface area (Å²) in [5.74, 6) is -1.02. The van der Waals surface area contributed by atoms with Gasteiger partial charge in [0.05, 0.1) is 6.42 Å². The number of allylic oxidation sites excluding steroid dienone is 7. The molecule has 0 aliphatic heterocycles. The average molecular weight is 911 g/mol. The van der Waals surface area contributed by atoms with E-state index < -0.39 is 12.1 Å². The molecule has 378 valence electrons. The second kappa shape index (κ2) is 54.0. The molecule has 0 aromatic carbocycles. The van der Waals surface area contributed by atoms with Crippen LogP contribution in [0.15, 0.2) is 48.6 Å². The number of hydrogen-bond donors (Lipinski definition) is 0. The van der Waals surface area contributed by atoms with E-state index >= 15 is 0 Å². The molecule has 0 N–H and O–H groups in total. The Morgan fingerprint density at radius 1 is 0.338 bits per heavy atom. The van der Waals surface area contributed by atoms with Crippen LogP contribution in [0, 0.1) is 0 Å². The maximum absolute atomic E-state index is 12.8. The highest BCUT2D eigenvalue weighted by molar-refractivity contribution is 5.72. The van der Waals surface area contributed by atoms with Gasteiger partial charge in [-0.05, 0) is 57.8 Å². The van der Waals surface area contributed by atoms with E-state index in [1.807, 2.05) is 6.08 Å². The Hall–Kier alpha value is -2.63. The lowest BCUT2D eigenvalue weighted by molar-refractivity contribution is -0.166. The van der Waals surface area contributed by atoms with Gasteiger partial charge in [-0.3, -0.25) is 14.4 Å². The molecule has 0 radical (unpaired) electrons. The fraction of sp³-hybridized carbons (Fsp3) is 0.814. The smallest absolute Gasteiger partial charge is 0.309 e. The molecule has 0 aromatic heterocycles. The standard InChI is InChI=1S/C59H106O6/c1-4-7-10-13-16-19-21-23-25-27-29-31-33-35-37-40-43-46-49-52-58(61)64-55-56(54-63-57(60)51-48-45-42-39-18-15-12-9-6-3)65-59(62)53-50-47-44-41-38-36-34-32-30-28-26-24-22-20-17-14-11-8-5-2/h9,12,18,27,29,39,45,48,56H,4-8,10-11,13-17,19-26,28,30-38,40-44,46-47,49-55H2,1-3H3/b12-9-,29-27-,39-18-,48-45-. The molecule has 0 aromatic rings. The number of carbonyl (C=O) groups is 3. The third-order valence-corrected chi connectivity index (χ3v) is 12.4. The van der Waals surface area contributed by atoms with Crippen LogP contribution in [-0.2, 0) is 28.6 Å². The minimum absolute atomic E-state index is 0.0995. The Morgan fingerprint density at radius 3 is 1.06 bits per heavy atom. The Balaban J connectivity index is 4.28. The van der Waals surface area contributed by atoms with Crippen LogP contribution < -0.4 is 0 Å². The van der Waals surface area contributed by atoms with Gasteiger partial charge in [-0.25, -0.2) is 0 Å². The number of carbonyl (C=O) groups excluding carboxylic acids is 3. The Bertz CT molecular complexity index is 1140. The first-order valence-electron chi connectivity index (χ1n) is 28.1. The zero-order valence-electron chi connectivity index (χ0n) is 43.3. The predicted molar refractivity (Wildman–Crippen MR) is 279 cm³/mol. The van der Waals surface area contributed by atoms with Crippen molar-refractivity contribution in [1.29, 1.82) is 0 Å². The number of rotatable bonds is 51. The molecule has 0 aliphatic rings. The lowest BCUT2D eigenvalue weighted by Crippen LogP contribution is -2.30. The van der Waals surface area contributed by atoms with E-state index in [2.05, 4.69) is 57.2 Å². The highest BCUT2D eigenvalue weighted by Crippen LogP contribution is 2.16. The highest BCUT2D eigenvalue weighted by Gasteiger charge is 2.19. The van der Waals surface area contributed by atoms with E-state index in [0.717, 1.165) is 57.8 Å². The summed E-state index contributed by atoms with van der Waals surface area (Å²) in [5, 5.41) is 0. The monoisotopic (exact) mass is 911 g/mol. The first kappa shape index (κ1) is 62.4. The normalized spacial score (nSPS) is 12.4. The van der Waals surface area contributed by atoms with E-state index in [9.17, 15) is 14.4 Å². The lowest BCUT2D eigenvalue weighted by atomic mass is 10.0. The summed E-state index contributed by atoms with van der Waals surface area (Å²) in [5.41, 5.74) is 0. The van der Waals surface area contributed by atoms with Crippen molar-refractivity contribution in [2.24, 2.45) is 0 Å². The van der Waals surface area contributed by atoms with Crippen LogP contribution >= 0.6 is 0 Å². The largest absolute Gasteiger partial charge is 0.462 e. The number of esters is 3. The molecule has 0 saturated carbocycles. The van der Waals surface area contributed by atoms with Gasteiger partial charge in [-0.1, -0.05) is 262 Å². The van der Waals surface area contributed by atoms with Crippen molar-refractivity contribution >= 4 is 17.9 Å². The van der Waals surface area contributed by atoms with Gasteiger partial charge in [-0.2, -0.15) is 0 Å². The van der Waals surface area contributed by atoms with Crippen molar-refractivity contribution in [3.05, 3.63) is 48.6 Å². The zero-order valence-corrected chi connectivity index (χ0v) is 43.3. The predicted octanol–water partition coefficient (Wildman–Crippen LogP) is 18.7. The summed E-state index contributed by atoms with van der Waals surface area (Å²) >= 11 is 0. The molecule has 0 amide bonds. The van der Waals surface area contributed by atoms with Crippen LogP contribution in [0.1, 0.15) is 290 Å². The third kappa shape index (κ3) is 52.2. The molecular weight excluding hydrogens is 805 g/mol. The second-order valence-electron chi connectivity index (χ2n) is 18.8. The highest BCUT2D eigenvalue weighted by atomic mass is 16.6. The average Bonchev–Trinajstić information content (AvgIpc) is 3.30. The van der Waals surface area contributed by atoms with Crippen LogP contribution in [-0.4, -0.2) is 37.2 Å². The van der Waals surface area contributed by atoms with Crippen molar-refractivity contribution < 1.29 is 28.6 Å². The van der Waals surface area contributed by atoms with E-state index in [-0.39, 0.29) is 31.6 Å². The summed E-state index contributed by atoms with van der Waals surface area (Å²) in [6, 6.07) is 0. The topological polar surface area (TPSA) is 78.9 Å². The van der Waals surface area contributed by atoms with E-state index in [1.54, 1.807) is 6.08 Å². The van der Waals surface area contributed by atoms with Crippen LogP contribution in [0.25, 0.3) is 0 Å². The SMILES string of the molecule is CC/C=C\C/C=C\C/C=C\CC(=O)OCC(COC(=O)CCCCCCCCC/C=C\CCCCCCCCCC)OC(=O)CCCCCCCCCCCCCCCCCCCCC. The number of hydrogen-bond acceptors (Lipinski definition) is 6. The van der Waals surface area contributed by atoms with Gasteiger partial charge < -0.3 is 14.2 Å². The second-order valence-corrected chi connectivity index (χ2v) is 18.8. The third-order valence-electron chi connectivity index (χ3n) is 12.4. The van der Waals surface area contributed by atoms with Crippen LogP contribution in [0.4, 0.5) is 0 Å². The van der Waals surface area contributed by atoms with Gasteiger partial charge in [0.1, 0.15) is 13.2 Å². The molecule has 0 saturated heterocycles. The van der Waals surface area contributed by atoms with Gasteiger partial charge in [-0.15, -0.1) is 0 Å². The summed E-state index contributed by atoms with van der Waals surface area (Å²) in [4.78, 5) is 37.9. The van der Waals surface area contributed by atoms with Crippen molar-refractivity contribution in [2.45, 2.75) is 297 Å². The molecule has 1 atom stereocenters. The molecule has 6 nitrogen and oxygen atoms in total. The first-order valence-corrected chi connectivity index (χ1v) is 28.1. The molecule has 65 heavy (non-hydrogen) atoms. The molecule has 6 heteroatoms. The number of ether oxygens (including phenoxy) is 3. The maximum atomic E-state index is 12.8. The fourth-order valence-corrected chi connectivity index (χ4v) is 8.15. The molecule has 0 rings (SSSR count). The van der Waals surface area contributed by atoms with Gasteiger partial charge >= 0.3 is 17.9 Å². The Kier molecular flexibility index (Phi) is 51.8. The quantitative estimate of drug-likeness (QED) is 0.0262. The minimum atomic E-state index is -0.807. The van der Waals surface area contributed by atoms with Crippen LogP contribution in [0.3, 0.4) is 0 Å². The van der Waals surface area contributed by atoms with Crippen molar-refractivity contribution in [3.8, 4) is 0 Å². The molecule has 0 heterocycles. The Morgan fingerprint density at radius 2 is 0.662 bits per heavy atom. The van der Waals surface area contributed by atoms with Gasteiger partial charge in [0.2, 0.25) is 0 Å². The van der Waals surface area contributed by atoms with E-state index in [4.69, 9.17) is 14.2 Å². The van der Waals surface area contributed by atoms with Gasteiger partial charge in [0.25, 0.3) is 0 Å². The van der Waals surface area contributed by atoms with E-state index in [1.165, 1.54) is 193 Å². The molecule has 0 aliphatic carbocycles. The summed E-state index contributed by atoms with van der Waals surface area (Å²) in [6.45, 7) is 6.46. The van der Waals surface area contributed by atoms with Crippen molar-refractivity contribution in [1.82, 2.24) is 0 Å². The van der Waals surface area contributed by atoms with E-state index in [0.29, 0.717) is 12.8 Å². The summed E-state index contributed by atoms with van der Waals surface area (Å²) in [7, 11) is 0. The molecule has 0 bridgehead atoms. The zero-order chi connectivity index (χ0) is 47.2. The summed E-state index contributed by atoms with van der Waals surface area (Å²) < 4.78 is 16.7. The first-order chi connectivity index (χ1) is 32.0. The summed E-state index contributed by atoms with van der Waals surface area (Å²) in [6.07, 6.45) is 65.8. The molecular formula is C59H106O6. The van der Waals surface area contributed by atoms with Gasteiger partial charge in [0, 0.05) is 12.8 Å². The fourth-order valence-electron chi connectivity index (χ4n) is 8.15. The van der Waals surface area contributed by atoms with Gasteiger partial charge in [0.15, 0.2) is 6.10 Å². The maximum Gasteiger partial charge on any atom is 0.309 e. The van der Waals surface area contributed by atoms with Crippen LogP contribution in [0.5, 0.6) is 0 Å². The molecule has 1 unspecified atom stereocenters. The number of unbranched alkanes of at least 4 members (excludes halogenated alkanes) is 33. The Labute approximate surface area is 403 Å².